The summed E-state index contributed by atoms with van der Waals surface area (Å²) < 4.78 is 6.28. The number of pyridine rings is 1. The van der Waals surface area contributed by atoms with Gasteiger partial charge in [0.05, 0.1) is 11.1 Å². The summed E-state index contributed by atoms with van der Waals surface area (Å²) in [5.41, 5.74) is 2.37. The maximum Gasteiger partial charge on any atom is 0.257 e. The number of H-pyrrole nitrogens is 1. The van der Waals surface area contributed by atoms with Gasteiger partial charge in [0.15, 0.2) is 10.8 Å². The van der Waals surface area contributed by atoms with Crippen molar-refractivity contribution in [1.29, 1.82) is 0 Å². The van der Waals surface area contributed by atoms with Crippen molar-refractivity contribution in [2.75, 3.05) is 5.32 Å². The third kappa shape index (κ3) is 5.12. The summed E-state index contributed by atoms with van der Waals surface area (Å²) in [5, 5.41) is 12.2. The van der Waals surface area contributed by atoms with E-state index < -0.39 is 0 Å². The van der Waals surface area contributed by atoms with Crippen LogP contribution in [0.3, 0.4) is 0 Å². The molecular weight excluding hydrogens is 446 g/mol. The van der Waals surface area contributed by atoms with Crippen molar-refractivity contribution in [3.63, 3.8) is 0 Å². The van der Waals surface area contributed by atoms with Crippen molar-refractivity contribution in [1.82, 2.24) is 20.2 Å². The molecule has 1 amide bonds. The second-order valence-corrected chi connectivity index (χ2v) is 10.1. The predicted octanol–water partition coefficient (Wildman–Crippen LogP) is 6.99. The van der Waals surface area contributed by atoms with Crippen molar-refractivity contribution in [3.05, 3.63) is 58.9 Å². The van der Waals surface area contributed by atoms with Gasteiger partial charge in [-0.1, -0.05) is 38.5 Å². The molecule has 5 rings (SSSR count). The monoisotopic (exact) mass is 475 g/mol. The van der Waals surface area contributed by atoms with Gasteiger partial charge in [0.1, 0.15) is 11.5 Å². The third-order valence-electron chi connectivity index (χ3n) is 6.39. The van der Waals surface area contributed by atoms with Gasteiger partial charge in [0.2, 0.25) is 0 Å². The van der Waals surface area contributed by atoms with Gasteiger partial charge < -0.3 is 4.74 Å². The van der Waals surface area contributed by atoms with Gasteiger partial charge in [0.25, 0.3) is 5.91 Å². The quantitative estimate of drug-likeness (QED) is 0.325. The van der Waals surface area contributed by atoms with Gasteiger partial charge in [-0.05, 0) is 50.1 Å². The van der Waals surface area contributed by atoms with Crippen LogP contribution in [0.15, 0.2) is 42.7 Å². The lowest BCUT2D eigenvalue weighted by molar-refractivity contribution is 0.102. The number of hydrogen-bond donors (Lipinski definition) is 2. The fraction of sp³-hybridized carbons (Fsp3) is 0.385. The minimum Gasteiger partial charge on any atom is -0.456 e. The number of fused-ring (bicyclic) bond motifs is 1. The largest absolute Gasteiger partial charge is 0.456 e. The lowest BCUT2D eigenvalue weighted by Crippen LogP contribution is -2.11. The second-order valence-electron chi connectivity index (χ2n) is 8.90. The number of carbonyl (C=O) groups excluding carboxylic acids is 1. The van der Waals surface area contributed by atoms with E-state index in [2.05, 4.69) is 25.5 Å². The number of nitrogens with one attached hydrogen (secondary N) is 2. The molecule has 34 heavy (non-hydrogen) atoms. The first-order valence-corrected chi connectivity index (χ1v) is 12.8. The summed E-state index contributed by atoms with van der Waals surface area (Å²) in [5.74, 6) is 1.65. The van der Waals surface area contributed by atoms with Crippen LogP contribution < -0.4 is 10.1 Å². The molecule has 176 valence electrons. The van der Waals surface area contributed by atoms with Crippen molar-refractivity contribution in [3.8, 4) is 11.5 Å². The van der Waals surface area contributed by atoms with Gasteiger partial charge in [-0.2, -0.15) is 5.10 Å². The maximum absolute atomic E-state index is 12.5. The number of aromatic nitrogens is 4. The first-order chi connectivity index (χ1) is 16.7. The number of benzene rings is 1. The predicted molar refractivity (Wildman–Crippen MR) is 135 cm³/mol. The standard InChI is InChI=1S/C26H29N5O2S/c1-17-16-28-26(34-17)29-25(32)19-10-12-20(13-11-19)33-21-14-15-27-24-22(21)23(30-31-24)18-8-6-4-2-3-5-7-9-18/h10-16,18H,2-9H2,1H3,(H,27,30,31)(H,28,29,32). The molecule has 0 spiro atoms. The SMILES string of the molecule is Cc1cnc(NC(=O)c2ccc(Oc3ccnc4n[nH]c(C5CCCCCCCC5)c34)cc2)s1. The number of aryl methyl sites for hydroxylation is 1. The number of nitrogens with zero attached hydrogens (tertiary/aromatic N) is 3. The third-order valence-corrected chi connectivity index (χ3v) is 7.22. The van der Waals surface area contributed by atoms with Crippen LogP contribution in [0.1, 0.15) is 78.2 Å². The van der Waals surface area contributed by atoms with Crippen molar-refractivity contribution < 1.29 is 9.53 Å². The molecule has 0 aliphatic heterocycles. The summed E-state index contributed by atoms with van der Waals surface area (Å²) in [7, 11) is 0. The van der Waals surface area contributed by atoms with E-state index in [-0.39, 0.29) is 5.91 Å². The molecule has 8 heteroatoms. The Hall–Kier alpha value is -3.26. The Morgan fingerprint density at radius 1 is 1.03 bits per heavy atom. The van der Waals surface area contributed by atoms with Crippen LogP contribution in [0.4, 0.5) is 5.13 Å². The minimum absolute atomic E-state index is 0.190. The Morgan fingerprint density at radius 3 is 2.47 bits per heavy atom. The van der Waals surface area contributed by atoms with E-state index in [1.165, 1.54) is 49.9 Å². The summed E-state index contributed by atoms with van der Waals surface area (Å²) in [6, 6.07) is 9.04. The van der Waals surface area contributed by atoms with Crippen LogP contribution in [-0.2, 0) is 0 Å². The highest BCUT2D eigenvalue weighted by Crippen LogP contribution is 2.38. The van der Waals surface area contributed by atoms with E-state index in [4.69, 9.17) is 4.74 Å². The first-order valence-electron chi connectivity index (χ1n) is 12.0. The summed E-state index contributed by atoms with van der Waals surface area (Å²) in [6.07, 6.45) is 13.5. The van der Waals surface area contributed by atoms with E-state index in [0.717, 1.165) is 34.5 Å². The second kappa shape index (κ2) is 10.3. The van der Waals surface area contributed by atoms with Crippen LogP contribution in [-0.4, -0.2) is 26.1 Å². The highest BCUT2D eigenvalue weighted by atomic mass is 32.1. The number of aromatic amines is 1. The molecule has 0 saturated heterocycles. The van der Waals surface area contributed by atoms with E-state index in [0.29, 0.717) is 28.0 Å². The number of rotatable bonds is 5. The lowest BCUT2D eigenvalue weighted by atomic mass is 9.92. The van der Waals surface area contributed by atoms with Crippen LogP contribution in [0, 0.1) is 6.92 Å². The van der Waals surface area contributed by atoms with Crippen molar-refractivity contribution >= 4 is 33.4 Å². The first kappa shape index (κ1) is 22.5. The minimum atomic E-state index is -0.190. The summed E-state index contributed by atoms with van der Waals surface area (Å²) >= 11 is 1.45. The molecule has 4 aromatic rings. The van der Waals surface area contributed by atoms with Crippen LogP contribution >= 0.6 is 11.3 Å². The molecular formula is C26H29N5O2S. The fourth-order valence-corrected chi connectivity index (χ4v) is 5.29. The topological polar surface area (TPSA) is 92.8 Å². The Bertz CT molecular complexity index is 1250. The van der Waals surface area contributed by atoms with Gasteiger partial charge in [0, 0.05) is 28.8 Å². The number of ether oxygens (including phenoxy) is 1. The lowest BCUT2D eigenvalue weighted by Gasteiger charge is -2.16. The van der Waals surface area contributed by atoms with Gasteiger partial charge >= 0.3 is 0 Å². The van der Waals surface area contributed by atoms with Crippen LogP contribution in [0.5, 0.6) is 11.5 Å². The smallest absolute Gasteiger partial charge is 0.257 e. The van der Waals surface area contributed by atoms with Crippen LogP contribution in [0.25, 0.3) is 11.0 Å². The summed E-state index contributed by atoms with van der Waals surface area (Å²) in [6.45, 7) is 1.96. The van der Waals surface area contributed by atoms with E-state index >= 15 is 0 Å². The molecule has 2 N–H and O–H groups in total. The van der Waals surface area contributed by atoms with Crippen molar-refractivity contribution in [2.45, 2.75) is 64.2 Å². The summed E-state index contributed by atoms with van der Waals surface area (Å²) in [4.78, 5) is 22.2. The Labute approximate surface area is 203 Å². The zero-order valence-electron chi connectivity index (χ0n) is 19.3. The number of carbonyl (C=O) groups is 1. The van der Waals surface area contributed by atoms with E-state index in [9.17, 15) is 4.79 Å². The van der Waals surface area contributed by atoms with Crippen molar-refractivity contribution in [2.24, 2.45) is 0 Å². The average Bonchev–Trinajstić information content (AvgIpc) is 3.48. The molecule has 3 aromatic heterocycles. The number of amides is 1. The zero-order valence-corrected chi connectivity index (χ0v) is 20.2. The average molecular weight is 476 g/mol. The zero-order chi connectivity index (χ0) is 23.3. The Kier molecular flexibility index (Phi) is 6.85. The molecule has 7 nitrogen and oxygen atoms in total. The molecule has 0 bridgehead atoms. The van der Waals surface area contributed by atoms with Gasteiger partial charge in [-0.3, -0.25) is 15.2 Å². The van der Waals surface area contributed by atoms with Gasteiger partial charge in [-0.15, -0.1) is 11.3 Å². The van der Waals surface area contributed by atoms with Crippen LogP contribution in [0.2, 0.25) is 0 Å². The molecule has 1 aromatic carbocycles. The molecule has 0 radical (unpaired) electrons. The molecule has 1 aliphatic carbocycles. The van der Waals surface area contributed by atoms with E-state index in [1.54, 1.807) is 24.5 Å². The van der Waals surface area contributed by atoms with Gasteiger partial charge in [-0.25, -0.2) is 9.97 Å². The normalized spacial score (nSPS) is 15.4. The highest BCUT2D eigenvalue weighted by Gasteiger charge is 2.21. The highest BCUT2D eigenvalue weighted by molar-refractivity contribution is 7.15. The maximum atomic E-state index is 12.5. The molecule has 0 unspecified atom stereocenters. The molecule has 1 saturated carbocycles. The molecule has 3 heterocycles. The molecule has 1 aliphatic rings. The molecule has 0 atom stereocenters. The number of thiazole rings is 1. The molecule has 1 fully saturated rings. The Morgan fingerprint density at radius 2 is 1.76 bits per heavy atom. The van der Waals surface area contributed by atoms with E-state index in [1.807, 2.05) is 25.1 Å². The number of hydrogen-bond acceptors (Lipinski definition) is 6. The Balaban J connectivity index is 1.35. The number of anilines is 1. The fourth-order valence-electron chi connectivity index (χ4n) is 4.63.